The van der Waals surface area contributed by atoms with E-state index in [2.05, 4.69) is 18.3 Å². The first kappa shape index (κ1) is 25.9. The lowest BCUT2D eigenvalue weighted by Gasteiger charge is -2.33. The van der Waals surface area contributed by atoms with Gasteiger partial charge >= 0.3 is 11.9 Å². The summed E-state index contributed by atoms with van der Waals surface area (Å²) in [5, 5.41) is 2.65. The number of aryl methyl sites for hydroxylation is 2. The summed E-state index contributed by atoms with van der Waals surface area (Å²) in [6, 6.07) is 4.15. The van der Waals surface area contributed by atoms with Gasteiger partial charge < -0.3 is 14.8 Å². The Balaban J connectivity index is 2.61. The molecule has 6 nitrogen and oxygen atoms in total. The molecule has 0 saturated heterocycles. The molecule has 1 aliphatic rings. The van der Waals surface area contributed by atoms with E-state index in [1.807, 2.05) is 6.07 Å². The van der Waals surface area contributed by atoms with Gasteiger partial charge in [0.05, 0.1) is 14.2 Å². The maximum Gasteiger partial charge on any atom is 0.348 e. The van der Waals surface area contributed by atoms with Crippen molar-refractivity contribution in [1.82, 2.24) is 5.32 Å². The molecule has 0 bridgehead atoms. The van der Waals surface area contributed by atoms with Crippen molar-refractivity contribution in [3.8, 4) is 0 Å². The Morgan fingerprint density at radius 2 is 1.53 bits per heavy atom. The number of rotatable bonds is 11. The van der Waals surface area contributed by atoms with Crippen LogP contribution in [0, 0.1) is 0 Å². The summed E-state index contributed by atoms with van der Waals surface area (Å²) < 4.78 is 10.2. The van der Waals surface area contributed by atoms with Crippen LogP contribution in [0.2, 0.25) is 0 Å². The van der Waals surface area contributed by atoms with Gasteiger partial charge in [-0.15, -0.1) is 0 Å². The first-order valence-electron chi connectivity index (χ1n) is 12.0. The van der Waals surface area contributed by atoms with Crippen molar-refractivity contribution in [2.75, 3.05) is 14.2 Å². The van der Waals surface area contributed by atoms with Crippen molar-refractivity contribution in [1.29, 1.82) is 0 Å². The maximum atomic E-state index is 13.2. The van der Waals surface area contributed by atoms with Gasteiger partial charge in [0.2, 0.25) is 5.91 Å². The van der Waals surface area contributed by atoms with E-state index in [9.17, 15) is 14.4 Å². The molecule has 32 heavy (non-hydrogen) atoms. The predicted molar refractivity (Wildman–Crippen MR) is 124 cm³/mol. The maximum absolute atomic E-state index is 13.2. The van der Waals surface area contributed by atoms with Gasteiger partial charge in [0.1, 0.15) is 0 Å². The van der Waals surface area contributed by atoms with Crippen LogP contribution >= 0.6 is 0 Å². The van der Waals surface area contributed by atoms with Crippen LogP contribution in [0.1, 0.15) is 93.9 Å². The van der Waals surface area contributed by atoms with E-state index in [4.69, 9.17) is 9.47 Å². The molecule has 2 rings (SSSR count). The number of hydrogen-bond acceptors (Lipinski definition) is 5. The molecule has 6 heteroatoms. The summed E-state index contributed by atoms with van der Waals surface area (Å²) in [5.74, 6) is -2.12. The Morgan fingerprint density at radius 1 is 0.906 bits per heavy atom. The first-order chi connectivity index (χ1) is 15.4. The molecule has 1 N–H and O–H groups in total. The molecule has 1 amide bonds. The van der Waals surface area contributed by atoms with E-state index < -0.39 is 23.4 Å². The smallest absolute Gasteiger partial charge is 0.348 e. The number of carbonyl (C=O) groups is 3. The quantitative estimate of drug-likeness (QED) is 0.234. The Bertz CT molecular complexity index is 786. The number of unbranched alkanes of at least 4 members (excludes halogenated alkanes) is 5. The Morgan fingerprint density at radius 3 is 2.16 bits per heavy atom. The average molecular weight is 446 g/mol. The van der Waals surface area contributed by atoms with Crippen LogP contribution in [0.25, 0.3) is 0 Å². The first-order valence-corrected chi connectivity index (χ1v) is 12.0. The normalized spacial score (nSPS) is 13.6. The van der Waals surface area contributed by atoms with Crippen molar-refractivity contribution >= 4 is 17.8 Å². The van der Waals surface area contributed by atoms with Gasteiger partial charge in [0.15, 0.2) is 0 Å². The van der Waals surface area contributed by atoms with Crippen LogP contribution in [-0.4, -0.2) is 32.1 Å². The summed E-state index contributed by atoms with van der Waals surface area (Å²) in [5.41, 5.74) is 1.59. The number of nitrogens with one attached hydrogen (secondary N) is 1. The highest BCUT2D eigenvalue weighted by molar-refractivity contribution is 6.09. The van der Waals surface area contributed by atoms with Gasteiger partial charge in [-0.05, 0) is 55.2 Å². The second kappa shape index (κ2) is 12.6. The lowest BCUT2D eigenvalue weighted by Crippen LogP contribution is -2.59. The second-order valence-electron chi connectivity index (χ2n) is 8.73. The SMILES string of the molecule is CCCCCCCCc1ccc2c(c1C(NC(C)=O)(C(=O)OC)C(=O)OC)CCCCC2. The summed E-state index contributed by atoms with van der Waals surface area (Å²) in [4.78, 5) is 38.7. The molecule has 0 unspecified atom stereocenters. The van der Waals surface area contributed by atoms with E-state index in [1.54, 1.807) is 0 Å². The molecule has 1 aliphatic carbocycles. The predicted octanol–water partition coefficient (Wildman–Crippen LogP) is 4.54. The number of amides is 1. The molecule has 178 valence electrons. The zero-order chi connectivity index (χ0) is 23.6. The Hall–Kier alpha value is -2.37. The molecule has 0 atom stereocenters. The van der Waals surface area contributed by atoms with Crippen molar-refractivity contribution in [2.24, 2.45) is 0 Å². The van der Waals surface area contributed by atoms with Crippen LogP contribution in [0.3, 0.4) is 0 Å². The molecular formula is C26H39NO5. The minimum Gasteiger partial charge on any atom is -0.467 e. The molecule has 0 aliphatic heterocycles. The van der Waals surface area contributed by atoms with Crippen LogP contribution in [-0.2, 0) is 48.7 Å². The standard InChI is InChI=1S/C26H39NO5/c1-5-6-7-8-9-11-15-21-18-17-20-14-12-10-13-16-22(20)23(21)26(24(29)31-3,25(30)32-4)27-19(2)28/h17-18H,5-16H2,1-4H3,(H,27,28). The van der Waals surface area contributed by atoms with Crippen LogP contribution in [0.5, 0.6) is 0 Å². The van der Waals surface area contributed by atoms with Crippen molar-refractivity contribution in [2.45, 2.75) is 96.4 Å². The van der Waals surface area contributed by atoms with Crippen molar-refractivity contribution in [3.63, 3.8) is 0 Å². The molecule has 0 saturated carbocycles. The Labute approximate surface area is 192 Å². The monoisotopic (exact) mass is 445 g/mol. The lowest BCUT2D eigenvalue weighted by molar-refractivity contribution is -0.166. The fourth-order valence-corrected chi connectivity index (χ4v) is 4.85. The van der Waals surface area contributed by atoms with Gasteiger partial charge in [-0.3, -0.25) is 4.79 Å². The van der Waals surface area contributed by atoms with Gasteiger partial charge in [0.25, 0.3) is 5.54 Å². The molecule has 0 heterocycles. The molecule has 0 spiro atoms. The molecule has 1 aromatic rings. The summed E-state index contributed by atoms with van der Waals surface area (Å²) >= 11 is 0. The molecule has 0 radical (unpaired) electrons. The molecule has 1 aromatic carbocycles. The Kier molecular flexibility index (Phi) is 10.2. The highest BCUT2D eigenvalue weighted by Gasteiger charge is 2.53. The van der Waals surface area contributed by atoms with Crippen molar-refractivity contribution < 1.29 is 23.9 Å². The zero-order valence-electron chi connectivity index (χ0n) is 20.2. The van der Waals surface area contributed by atoms with Gasteiger partial charge in [-0.2, -0.15) is 0 Å². The number of fused-ring (bicyclic) bond motifs is 1. The lowest BCUT2D eigenvalue weighted by atomic mass is 9.78. The second-order valence-corrected chi connectivity index (χ2v) is 8.73. The number of ether oxygens (including phenoxy) is 2. The third kappa shape index (κ3) is 5.90. The highest BCUT2D eigenvalue weighted by atomic mass is 16.5. The van der Waals surface area contributed by atoms with E-state index in [0.717, 1.165) is 68.1 Å². The fraction of sp³-hybridized carbons (Fsp3) is 0.654. The van der Waals surface area contributed by atoms with Crippen LogP contribution in [0.4, 0.5) is 0 Å². The van der Waals surface area contributed by atoms with Crippen LogP contribution < -0.4 is 5.32 Å². The van der Waals surface area contributed by atoms with E-state index in [-0.39, 0.29) is 0 Å². The van der Waals surface area contributed by atoms with E-state index >= 15 is 0 Å². The minimum absolute atomic E-state index is 0.488. The number of carbonyl (C=O) groups excluding carboxylic acids is 3. The third-order valence-electron chi connectivity index (χ3n) is 6.39. The zero-order valence-corrected chi connectivity index (χ0v) is 20.2. The summed E-state index contributed by atoms with van der Waals surface area (Å²) in [6.45, 7) is 3.50. The summed E-state index contributed by atoms with van der Waals surface area (Å²) in [7, 11) is 2.47. The van der Waals surface area contributed by atoms with E-state index in [0.29, 0.717) is 5.56 Å². The molecule has 0 aromatic heterocycles. The topological polar surface area (TPSA) is 81.7 Å². The minimum atomic E-state index is -2.00. The number of methoxy groups -OCH3 is 2. The van der Waals surface area contributed by atoms with Crippen LogP contribution in [0.15, 0.2) is 12.1 Å². The van der Waals surface area contributed by atoms with Gasteiger partial charge in [0, 0.05) is 12.5 Å². The molecular weight excluding hydrogens is 406 g/mol. The average Bonchev–Trinajstić information content (AvgIpc) is 3.04. The summed E-state index contributed by atoms with van der Waals surface area (Å²) in [6.07, 6.45) is 12.3. The largest absolute Gasteiger partial charge is 0.467 e. The fourth-order valence-electron chi connectivity index (χ4n) is 4.85. The third-order valence-corrected chi connectivity index (χ3v) is 6.39. The van der Waals surface area contributed by atoms with E-state index in [1.165, 1.54) is 46.8 Å². The number of esters is 2. The molecule has 0 fully saturated rings. The number of benzene rings is 1. The van der Waals surface area contributed by atoms with Gasteiger partial charge in [-0.25, -0.2) is 9.59 Å². The van der Waals surface area contributed by atoms with Gasteiger partial charge in [-0.1, -0.05) is 57.6 Å². The van der Waals surface area contributed by atoms with Crippen molar-refractivity contribution in [3.05, 3.63) is 34.4 Å². The highest BCUT2D eigenvalue weighted by Crippen LogP contribution is 2.37. The number of hydrogen-bond donors (Lipinski definition) is 1.